The summed E-state index contributed by atoms with van der Waals surface area (Å²) in [4.78, 5) is 24.3. The molecule has 1 heterocycles. The number of carbonyl (C=O) groups is 2. The Morgan fingerprint density at radius 1 is 1.22 bits per heavy atom. The van der Waals surface area contributed by atoms with E-state index in [0.717, 1.165) is 4.47 Å². The van der Waals surface area contributed by atoms with Crippen molar-refractivity contribution < 1.29 is 19.1 Å². The number of ether oxygens (including phenoxy) is 2. The Morgan fingerprint density at radius 2 is 1.78 bits per heavy atom. The molecule has 0 unspecified atom stereocenters. The van der Waals surface area contributed by atoms with Gasteiger partial charge in [0.1, 0.15) is 0 Å². The van der Waals surface area contributed by atoms with Crippen LogP contribution < -0.4 is 0 Å². The van der Waals surface area contributed by atoms with Crippen molar-refractivity contribution in [1.82, 2.24) is 0 Å². The smallest absolute Gasteiger partial charge is 0.341 e. The average Bonchev–Trinajstić information content (AvgIpc) is 2.79. The van der Waals surface area contributed by atoms with Crippen molar-refractivity contribution in [3.05, 3.63) is 45.6 Å². The fraction of sp³-hybridized carbons (Fsp3) is 0.412. The van der Waals surface area contributed by atoms with Gasteiger partial charge in [0, 0.05) is 15.7 Å². The van der Waals surface area contributed by atoms with Crippen LogP contribution in [-0.4, -0.2) is 26.3 Å². The van der Waals surface area contributed by atoms with Crippen LogP contribution in [0.15, 0.2) is 40.0 Å². The van der Waals surface area contributed by atoms with Gasteiger partial charge in [-0.3, -0.25) is 0 Å². The molecule has 2 rings (SSSR count). The molecule has 0 saturated heterocycles. The maximum atomic E-state index is 12.2. The number of carbonyl (C=O) groups excluding carboxylic acids is 2. The van der Waals surface area contributed by atoms with Gasteiger partial charge in [-0.15, -0.1) is 0 Å². The number of benzene rings is 1. The van der Waals surface area contributed by atoms with Crippen molar-refractivity contribution in [3.8, 4) is 0 Å². The van der Waals surface area contributed by atoms with Gasteiger partial charge >= 0.3 is 11.9 Å². The zero-order valence-corrected chi connectivity index (χ0v) is 16.6. The Labute approximate surface area is 146 Å². The molecule has 0 fully saturated rings. The van der Waals surface area contributed by atoms with Gasteiger partial charge < -0.3 is 9.47 Å². The molecule has 6 heteroatoms. The van der Waals surface area contributed by atoms with Gasteiger partial charge in [0.2, 0.25) is 0 Å². The summed E-state index contributed by atoms with van der Waals surface area (Å²) in [6.07, 6.45) is 0.721. The first-order valence-corrected chi connectivity index (χ1v) is 11.2. The van der Waals surface area contributed by atoms with Crippen molar-refractivity contribution in [1.29, 1.82) is 0 Å². The summed E-state index contributed by atoms with van der Waals surface area (Å²) >= 11 is 3.31. The van der Waals surface area contributed by atoms with E-state index >= 15 is 0 Å². The van der Waals surface area contributed by atoms with E-state index in [2.05, 4.69) is 49.8 Å². The Hall–Kier alpha value is -1.40. The normalized spacial score (nSPS) is 18.4. The fourth-order valence-electron chi connectivity index (χ4n) is 2.09. The highest BCUT2D eigenvalue weighted by atomic mass is 79.9. The average molecular weight is 397 g/mol. The van der Waals surface area contributed by atoms with E-state index in [-0.39, 0.29) is 11.0 Å². The highest BCUT2D eigenvalue weighted by Crippen LogP contribution is 2.42. The Bertz CT molecular complexity index is 656. The molecule has 0 amide bonds. The summed E-state index contributed by atoms with van der Waals surface area (Å²) in [6, 6.07) is 6.83. The van der Waals surface area contributed by atoms with Crippen molar-refractivity contribution in [3.63, 3.8) is 0 Å². The van der Waals surface area contributed by atoms with E-state index in [1.807, 2.05) is 0 Å². The highest BCUT2D eigenvalue weighted by molar-refractivity contribution is 9.10. The van der Waals surface area contributed by atoms with Crippen molar-refractivity contribution >= 4 is 35.9 Å². The molecule has 0 bridgehead atoms. The van der Waals surface area contributed by atoms with E-state index in [9.17, 15) is 9.59 Å². The number of cyclic esters (lactones) is 1. The van der Waals surface area contributed by atoms with Crippen LogP contribution >= 0.6 is 15.9 Å². The van der Waals surface area contributed by atoms with Crippen LogP contribution in [0.3, 0.4) is 0 Å². The second kappa shape index (κ2) is 6.24. The van der Waals surface area contributed by atoms with Gasteiger partial charge in [0.05, 0.1) is 13.6 Å². The minimum atomic E-state index is -2.03. The van der Waals surface area contributed by atoms with E-state index in [1.54, 1.807) is 30.3 Å². The van der Waals surface area contributed by atoms with Crippen LogP contribution in [0.4, 0.5) is 0 Å². The first-order chi connectivity index (χ1) is 10.5. The van der Waals surface area contributed by atoms with Crippen molar-refractivity contribution in [2.75, 3.05) is 0 Å². The lowest BCUT2D eigenvalue weighted by Crippen LogP contribution is -2.41. The van der Waals surface area contributed by atoms with Crippen LogP contribution in [0, 0.1) is 0 Å². The van der Waals surface area contributed by atoms with Crippen LogP contribution in [0.5, 0.6) is 0 Å². The predicted molar refractivity (Wildman–Crippen MR) is 94.7 cm³/mol. The quantitative estimate of drug-likeness (QED) is 0.558. The molecule has 1 aliphatic heterocycles. The molecule has 1 aromatic rings. The number of esters is 2. The largest absolute Gasteiger partial charge is 0.418 e. The molecule has 1 atom stereocenters. The van der Waals surface area contributed by atoms with E-state index in [4.69, 9.17) is 9.47 Å². The monoisotopic (exact) mass is 396 g/mol. The lowest BCUT2D eigenvalue weighted by molar-refractivity contribution is -0.151. The molecule has 0 aromatic heterocycles. The summed E-state index contributed by atoms with van der Waals surface area (Å²) < 4.78 is 11.4. The Kier molecular flexibility index (Phi) is 4.87. The minimum Gasteiger partial charge on any atom is -0.418 e. The topological polar surface area (TPSA) is 52.6 Å². The molecule has 0 spiro atoms. The summed E-state index contributed by atoms with van der Waals surface area (Å²) in [6.45, 7) is 10.6. The minimum absolute atomic E-state index is 0.00244. The summed E-state index contributed by atoms with van der Waals surface area (Å²) in [5, 5.41) is 0.682. The zero-order valence-electron chi connectivity index (χ0n) is 14.0. The Balaban J connectivity index is 2.15. The first kappa shape index (κ1) is 17.9. The van der Waals surface area contributed by atoms with Gasteiger partial charge in [0.15, 0.2) is 0 Å². The number of rotatable bonds is 3. The fourth-order valence-corrected chi connectivity index (χ4v) is 4.29. The Morgan fingerprint density at radius 3 is 2.30 bits per heavy atom. The molecule has 0 radical (unpaired) electrons. The van der Waals surface area contributed by atoms with Crippen LogP contribution in [0.2, 0.25) is 18.1 Å². The molecular formula is C17H21BrO4Si. The third kappa shape index (κ3) is 3.75. The lowest BCUT2D eigenvalue weighted by Gasteiger charge is -2.36. The third-order valence-corrected chi connectivity index (χ3v) is 10.6. The molecule has 4 nitrogen and oxygen atoms in total. The SMILES string of the molecule is CC(C)(C)[Si](C)(C)C1=C[C@@H](OC(=O)c2ccc(Br)cc2)OC1=O. The first-order valence-electron chi connectivity index (χ1n) is 7.42. The van der Waals surface area contributed by atoms with Crippen LogP contribution in [-0.2, 0) is 14.3 Å². The molecule has 124 valence electrons. The number of hydrogen-bond donors (Lipinski definition) is 0. The molecule has 0 aliphatic carbocycles. The summed E-state index contributed by atoms with van der Waals surface area (Å²) in [5.41, 5.74) is 0.415. The van der Waals surface area contributed by atoms with Gasteiger partial charge in [-0.05, 0) is 29.3 Å². The molecular weight excluding hydrogens is 376 g/mol. The zero-order chi connectivity index (χ0) is 17.4. The second-order valence-electron chi connectivity index (χ2n) is 7.14. The third-order valence-electron chi connectivity index (χ3n) is 4.60. The van der Waals surface area contributed by atoms with Gasteiger partial charge in [-0.1, -0.05) is 49.8 Å². The highest BCUT2D eigenvalue weighted by Gasteiger charge is 2.46. The van der Waals surface area contributed by atoms with Crippen molar-refractivity contribution in [2.45, 2.75) is 45.2 Å². The van der Waals surface area contributed by atoms with Crippen molar-refractivity contribution in [2.24, 2.45) is 0 Å². The second-order valence-corrected chi connectivity index (χ2v) is 13.3. The van der Waals surface area contributed by atoms with E-state index < -0.39 is 20.3 Å². The number of hydrogen-bond acceptors (Lipinski definition) is 4. The predicted octanol–water partition coefficient (Wildman–Crippen LogP) is 4.46. The lowest BCUT2D eigenvalue weighted by atomic mass is 10.2. The maximum Gasteiger partial charge on any atom is 0.341 e. The van der Waals surface area contributed by atoms with Gasteiger partial charge in [0.25, 0.3) is 6.29 Å². The van der Waals surface area contributed by atoms with E-state index in [0.29, 0.717) is 10.8 Å². The van der Waals surface area contributed by atoms with E-state index in [1.165, 1.54) is 0 Å². The van der Waals surface area contributed by atoms with Gasteiger partial charge in [-0.2, -0.15) is 0 Å². The summed E-state index contributed by atoms with van der Waals surface area (Å²) in [7, 11) is -2.03. The van der Waals surface area contributed by atoms with Crippen LogP contribution in [0.25, 0.3) is 0 Å². The van der Waals surface area contributed by atoms with Gasteiger partial charge in [-0.25, -0.2) is 9.59 Å². The summed E-state index contributed by atoms with van der Waals surface area (Å²) in [5.74, 6) is -0.881. The molecule has 1 aromatic carbocycles. The molecule has 1 aliphatic rings. The standard InChI is InChI=1S/C17H21BrO4Si/c1-17(2,3)23(4,5)13-10-14(22-16(13)20)21-15(19)11-6-8-12(18)9-7-11/h6-10,14H,1-5H3/t14-/m0/s1. The molecule has 0 N–H and O–H groups in total. The molecule has 0 saturated carbocycles. The molecule has 23 heavy (non-hydrogen) atoms. The maximum absolute atomic E-state index is 12.2. The van der Waals surface area contributed by atoms with Crippen LogP contribution in [0.1, 0.15) is 31.1 Å². The number of halogens is 1.